The van der Waals surface area contributed by atoms with Gasteiger partial charge in [-0.3, -0.25) is 19.7 Å². The number of benzene rings is 1. The smallest absolute Gasteiger partial charge is 0.270 e. The van der Waals surface area contributed by atoms with Gasteiger partial charge in [-0.25, -0.2) is 8.42 Å². The first-order valence-electron chi connectivity index (χ1n) is 6.86. The van der Waals surface area contributed by atoms with Crippen molar-refractivity contribution in [1.29, 1.82) is 0 Å². The Morgan fingerprint density at radius 1 is 1.50 bits per heavy atom. The molecule has 22 heavy (non-hydrogen) atoms. The van der Waals surface area contributed by atoms with Crippen molar-refractivity contribution in [2.45, 2.75) is 19.1 Å². The molecule has 0 bridgehead atoms. The number of fused-ring (bicyclic) bond motifs is 1. The van der Waals surface area contributed by atoms with Gasteiger partial charge in [0.15, 0.2) is 9.84 Å². The molecule has 0 spiro atoms. The number of hydrogen-bond donors (Lipinski definition) is 0. The summed E-state index contributed by atoms with van der Waals surface area (Å²) in [5.74, 6) is 0.405. The second kappa shape index (κ2) is 5.33. The predicted molar refractivity (Wildman–Crippen MR) is 81.2 cm³/mol. The van der Waals surface area contributed by atoms with Crippen LogP contribution in [0.4, 0.5) is 5.69 Å². The topological polar surface area (TPSA) is 98.3 Å². The van der Waals surface area contributed by atoms with Gasteiger partial charge in [0.1, 0.15) is 0 Å². The Bertz CT molecular complexity index is 830. The molecule has 2 aromatic rings. The Morgan fingerprint density at radius 2 is 2.27 bits per heavy atom. The number of sulfone groups is 1. The minimum atomic E-state index is -2.92. The molecule has 1 atom stereocenters. The molecule has 0 saturated carbocycles. The zero-order valence-corrected chi connectivity index (χ0v) is 12.9. The van der Waals surface area contributed by atoms with Crippen molar-refractivity contribution < 1.29 is 13.3 Å². The number of non-ortho nitro benzene ring substituents is 1. The summed E-state index contributed by atoms with van der Waals surface area (Å²) in [5, 5.41) is 15.7. The number of hydrogen-bond acceptors (Lipinski definition) is 6. The van der Waals surface area contributed by atoms with Gasteiger partial charge in [0.2, 0.25) is 0 Å². The number of nitrogens with zero attached hydrogens (tertiary/aromatic N) is 4. The molecule has 1 aromatic carbocycles. The van der Waals surface area contributed by atoms with Crippen LogP contribution in [0.5, 0.6) is 0 Å². The van der Waals surface area contributed by atoms with Crippen LogP contribution in [0.2, 0.25) is 0 Å². The van der Waals surface area contributed by atoms with Crippen molar-refractivity contribution >= 4 is 26.4 Å². The quantitative estimate of drug-likeness (QED) is 0.615. The molecule has 8 nitrogen and oxygen atoms in total. The summed E-state index contributed by atoms with van der Waals surface area (Å²) in [6.07, 6.45) is 2.21. The summed E-state index contributed by atoms with van der Waals surface area (Å²) in [6, 6.07) is 4.58. The molecule has 9 heteroatoms. The average molecular weight is 324 g/mol. The summed E-state index contributed by atoms with van der Waals surface area (Å²) >= 11 is 0. The molecule has 0 aliphatic carbocycles. The zero-order chi connectivity index (χ0) is 15.9. The lowest BCUT2D eigenvalue weighted by molar-refractivity contribution is -0.384. The highest BCUT2D eigenvalue weighted by Crippen LogP contribution is 2.22. The van der Waals surface area contributed by atoms with Crippen LogP contribution in [0.15, 0.2) is 24.4 Å². The van der Waals surface area contributed by atoms with Gasteiger partial charge in [-0.15, -0.1) is 0 Å². The number of nitro groups is 1. The molecule has 2 heterocycles. The standard InChI is InChI=1S/C13H16N4O4S/c1-15(12-4-5-22(20,21)8-12)9-16-13-3-2-11(17(18)19)6-10(13)7-14-16/h2-3,6-7,12H,4-5,8-9H2,1H3. The highest BCUT2D eigenvalue weighted by Gasteiger charge is 2.30. The third-order valence-corrected chi connectivity index (χ3v) is 5.78. The average Bonchev–Trinajstić information content (AvgIpc) is 3.02. The van der Waals surface area contributed by atoms with Crippen molar-refractivity contribution in [3.63, 3.8) is 0 Å². The SMILES string of the molecule is CN(Cn1ncc2cc([N+](=O)[O-])ccc21)C1CCS(=O)(=O)C1. The molecule has 1 fully saturated rings. The summed E-state index contributed by atoms with van der Waals surface area (Å²) in [4.78, 5) is 12.3. The molecule has 118 valence electrons. The van der Waals surface area contributed by atoms with E-state index < -0.39 is 14.8 Å². The van der Waals surface area contributed by atoms with Crippen LogP contribution < -0.4 is 0 Å². The van der Waals surface area contributed by atoms with Crippen LogP contribution in [-0.2, 0) is 16.5 Å². The maximum Gasteiger partial charge on any atom is 0.270 e. The lowest BCUT2D eigenvalue weighted by Gasteiger charge is -2.23. The van der Waals surface area contributed by atoms with E-state index in [4.69, 9.17) is 0 Å². The third kappa shape index (κ3) is 2.81. The van der Waals surface area contributed by atoms with Gasteiger partial charge < -0.3 is 0 Å². The van der Waals surface area contributed by atoms with Crippen molar-refractivity contribution in [2.75, 3.05) is 18.6 Å². The monoisotopic (exact) mass is 324 g/mol. The van der Waals surface area contributed by atoms with Crippen LogP contribution in [0, 0.1) is 10.1 Å². The van der Waals surface area contributed by atoms with Crippen LogP contribution in [0.25, 0.3) is 10.9 Å². The van der Waals surface area contributed by atoms with Crippen molar-refractivity contribution in [3.05, 3.63) is 34.5 Å². The molecule has 0 amide bonds. The fourth-order valence-corrected chi connectivity index (χ4v) is 4.56. The second-order valence-corrected chi connectivity index (χ2v) is 7.83. The number of nitro benzene ring substituents is 1. The summed E-state index contributed by atoms with van der Waals surface area (Å²) in [7, 11) is -1.06. The normalized spacial score (nSPS) is 20.7. The van der Waals surface area contributed by atoms with Gasteiger partial charge in [-0.2, -0.15) is 5.10 Å². The maximum atomic E-state index is 11.5. The molecule has 3 rings (SSSR count). The molecule has 1 saturated heterocycles. The third-order valence-electron chi connectivity index (χ3n) is 4.02. The maximum absolute atomic E-state index is 11.5. The fourth-order valence-electron chi connectivity index (χ4n) is 2.75. The van der Waals surface area contributed by atoms with Crippen molar-refractivity contribution in [3.8, 4) is 0 Å². The Labute approximate surface area is 127 Å². The van der Waals surface area contributed by atoms with Crippen LogP contribution in [0.1, 0.15) is 6.42 Å². The van der Waals surface area contributed by atoms with E-state index in [9.17, 15) is 18.5 Å². The van der Waals surface area contributed by atoms with E-state index in [1.165, 1.54) is 12.1 Å². The number of aromatic nitrogens is 2. The Balaban J connectivity index is 1.81. The summed E-state index contributed by atoms with van der Waals surface area (Å²) < 4.78 is 24.8. The van der Waals surface area contributed by atoms with Crippen molar-refractivity contribution in [2.24, 2.45) is 0 Å². The number of rotatable bonds is 4. The predicted octanol–water partition coefficient (Wildman–Crippen LogP) is 1.02. The molecule has 1 aliphatic heterocycles. The van der Waals surface area contributed by atoms with E-state index in [2.05, 4.69) is 5.10 Å². The zero-order valence-electron chi connectivity index (χ0n) is 12.0. The minimum absolute atomic E-state index is 0.0118. The lowest BCUT2D eigenvalue weighted by atomic mass is 10.2. The van der Waals surface area contributed by atoms with Gasteiger partial charge in [-0.05, 0) is 19.5 Å². The van der Waals surface area contributed by atoms with E-state index in [0.717, 1.165) is 5.52 Å². The first-order valence-corrected chi connectivity index (χ1v) is 8.68. The molecule has 1 aromatic heterocycles. The van der Waals surface area contributed by atoms with E-state index in [1.54, 1.807) is 16.9 Å². The van der Waals surface area contributed by atoms with E-state index in [-0.39, 0.29) is 23.2 Å². The van der Waals surface area contributed by atoms with Crippen LogP contribution in [-0.4, -0.2) is 52.6 Å². The first-order chi connectivity index (χ1) is 10.4. The molecule has 1 unspecified atom stereocenters. The van der Waals surface area contributed by atoms with E-state index in [0.29, 0.717) is 18.5 Å². The Kier molecular flexibility index (Phi) is 3.61. The summed E-state index contributed by atoms with van der Waals surface area (Å²) in [5.41, 5.74) is 0.820. The highest BCUT2D eigenvalue weighted by atomic mass is 32.2. The molecule has 1 aliphatic rings. The largest absolute Gasteiger partial charge is 0.283 e. The molecular weight excluding hydrogens is 308 g/mol. The molecule has 0 radical (unpaired) electrons. The first kappa shape index (κ1) is 14.9. The van der Waals surface area contributed by atoms with E-state index >= 15 is 0 Å². The summed E-state index contributed by atoms with van der Waals surface area (Å²) in [6.45, 7) is 0.446. The van der Waals surface area contributed by atoms with Gasteiger partial charge >= 0.3 is 0 Å². The Morgan fingerprint density at radius 3 is 2.91 bits per heavy atom. The fraction of sp³-hybridized carbons (Fsp3) is 0.462. The van der Waals surface area contributed by atoms with Gasteiger partial charge in [-0.1, -0.05) is 0 Å². The van der Waals surface area contributed by atoms with Crippen molar-refractivity contribution in [1.82, 2.24) is 14.7 Å². The second-order valence-electron chi connectivity index (χ2n) is 5.60. The van der Waals surface area contributed by atoms with Gasteiger partial charge in [0.25, 0.3) is 5.69 Å². The van der Waals surface area contributed by atoms with Crippen LogP contribution >= 0.6 is 0 Å². The molecule has 0 N–H and O–H groups in total. The minimum Gasteiger partial charge on any atom is -0.283 e. The lowest BCUT2D eigenvalue weighted by Crippen LogP contribution is -2.34. The van der Waals surface area contributed by atoms with Crippen LogP contribution in [0.3, 0.4) is 0 Å². The Hall–Kier alpha value is -2.00. The van der Waals surface area contributed by atoms with Gasteiger partial charge in [0.05, 0.1) is 34.8 Å². The van der Waals surface area contributed by atoms with E-state index in [1.807, 2.05) is 11.9 Å². The van der Waals surface area contributed by atoms with Gasteiger partial charge in [0, 0.05) is 23.6 Å². The highest BCUT2D eigenvalue weighted by molar-refractivity contribution is 7.91. The molecular formula is C13H16N4O4S.